The quantitative estimate of drug-likeness (QED) is 0.587. The monoisotopic (exact) mass is 444 g/mol. The van der Waals surface area contributed by atoms with E-state index in [0.29, 0.717) is 11.3 Å². The Morgan fingerprint density at radius 2 is 1.58 bits per heavy atom. The summed E-state index contributed by atoms with van der Waals surface area (Å²) in [5.41, 5.74) is 4.10. The molecular weight excluding hydrogens is 423 g/mol. The van der Waals surface area contributed by atoms with Crippen LogP contribution in [0.1, 0.15) is 43.0 Å². The maximum absolute atomic E-state index is 13.5. The number of anilines is 2. The minimum absolute atomic E-state index is 0.0113. The van der Waals surface area contributed by atoms with Crippen molar-refractivity contribution in [1.29, 1.82) is 0 Å². The summed E-state index contributed by atoms with van der Waals surface area (Å²) in [7, 11) is 0. The van der Waals surface area contributed by atoms with Crippen molar-refractivity contribution in [3.63, 3.8) is 0 Å². The second-order valence-corrected chi connectivity index (χ2v) is 8.26. The van der Waals surface area contributed by atoms with Crippen molar-refractivity contribution in [3.05, 3.63) is 72.1 Å². The summed E-state index contributed by atoms with van der Waals surface area (Å²) in [4.78, 5) is 33.1. The van der Waals surface area contributed by atoms with Gasteiger partial charge in [0.1, 0.15) is 5.82 Å². The zero-order chi connectivity index (χ0) is 22.9. The molecule has 1 fully saturated rings. The SMILES string of the molecule is CC1N=NC(C(=O)Nc2cncc(F)c2)c2cc(-c3cncc(NC(=O)C4CC4)c3)ccc21. The number of rotatable bonds is 5. The smallest absolute Gasteiger partial charge is 0.255 e. The third kappa shape index (κ3) is 4.48. The van der Waals surface area contributed by atoms with Crippen LogP contribution in [0.15, 0.2) is 65.3 Å². The molecule has 5 rings (SSSR count). The molecular formula is C24H21FN6O2. The zero-order valence-corrected chi connectivity index (χ0v) is 17.8. The maximum atomic E-state index is 13.5. The summed E-state index contributed by atoms with van der Waals surface area (Å²) < 4.78 is 13.5. The van der Waals surface area contributed by atoms with Crippen LogP contribution in [-0.4, -0.2) is 21.8 Å². The molecule has 0 radical (unpaired) electrons. The lowest BCUT2D eigenvalue weighted by molar-refractivity contribution is -0.118. The molecule has 3 heterocycles. The Morgan fingerprint density at radius 1 is 0.848 bits per heavy atom. The molecule has 2 unspecified atom stereocenters. The lowest BCUT2D eigenvalue weighted by atomic mass is 9.91. The van der Waals surface area contributed by atoms with Gasteiger partial charge in [-0.2, -0.15) is 10.2 Å². The van der Waals surface area contributed by atoms with Gasteiger partial charge in [0.15, 0.2) is 6.04 Å². The molecule has 0 bridgehead atoms. The highest BCUT2D eigenvalue weighted by Gasteiger charge is 2.30. The first-order valence-corrected chi connectivity index (χ1v) is 10.7. The van der Waals surface area contributed by atoms with Gasteiger partial charge >= 0.3 is 0 Å². The molecule has 0 spiro atoms. The first-order valence-electron chi connectivity index (χ1n) is 10.7. The lowest BCUT2D eigenvalue weighted by Crippen LogP contribution is -2.23. The number of nitrogens with one attached hydrogen (secondary N) is 2. The largest absolute Gasteiger partial charge is 0.324 e. The van der Waals surface area contributed by atoms with Crippen molar-refractivity contribution in [2.24, 2.45) is 16.1 Å². The lowest BCUT2D eigenvalue weighted by Gasteiger charge is -2.23. The predicted octanol–water partition coefficient (Wildman–Crippen LogP) is 4.84. The third-order valence-corrected chi connectivity index (χ3v) is 5.69. The molecule has 3 aromatic rings. The Balaban J connectivity index is 1.43. The second kappa shape index (κ2) is 8.50. The number of azo groups is 1. The predicted molar refractivity (Wildman–Crippen MR) is 120 cm³/mol. The van der Waals surface area contributed by atoms with Gasteiger partial charge in [-0.05, 0) is 48.6 Å². The van der Waals surface area contributed by atoms with Gasteiger partial charge in [0.2, 0.25) is 5.91 Å². The van der Waals surface area contributed by atoms with Crippen molar-refractivity contribution in [2.45, 2.75) is 31.8 Å². The topological polar surface area (TPSA) is 109 Å². The Hall–Kier alpha value is -4.01. The Kier molecular flexibility index (Phi) is 5.37. The first kappa shape index (κ1) is 20.9. The first-order chi connectivity index (χ1) is 16.0. The van der Waals surface area contributed by atoms with Gasteiger partial charge < -0.3 is 10.6 Å². The van der Waals surface area contributed by atoms with Gasteiger partial charge in [-0.1, -0.05) is 12.1 Å². The summed E-state index contributed by atoms with van der Waals surface area (Å²) in [6.07, 6.45) is 7.59. The van der Waals surface area contributed by atoms with Crippen LogP contribution in [-0.2, 0) is 9.59 Å². The van der Waals surface area contributed by atoms with E-state index in [1.54, 1.807) is 12.4 Å². The molecule has 2 amide bonds. The number of halogens is 1. The van der Waals surface area contributed by atoms with E-state index in [4.69, 9.17) is 0 Å². The van der Waals surface area contributed by atoms with Crippen molar-refractivity contribution in [1.82, 2.24) is 9.97 Å². The van der Waals surface area contributed by atoms with Crippen LogP contribution >= 0.6 is 0 Å². The maximum Gasteiger partial charge on any atom is 0.255 e. The van der Waals surface area contributed by atoms with E-state index in [1.165, 1.54) is 12.3 Å². The Bertz CT molecular complexity index is 1270. The molecule has 0 saturated heterocycles. The minimum Gasteiger partial charge on any atom is -0.324 e. The molecule has 9 heteroatoms. The Morgan fingerprint density at radius 3 is 2.33 bits per heavy atom. The van der Waals surface area contributed by atoms with Gasteiger partial charge in [0.05, 0.1) is 36.0 Å². The standard InChI is InChI=1S/C24H21FN6O2/c1-13-20-5-4-15(16-6-18(11-26-9-16)28-23(32)14-2-3-14)7-21(20)22(31-30-13)24(33)29-19-8-17(25)10-27-12-19/h4-14,22H,2-3H2,1H3,(H,28,32)(H,29,33). The van der Waals surface area contributed by atoms with E-state index in [2.05, 4.69) is 30.8 Å². The fourth-order valence-electron chi connectivity index (χ4n) is 3.80. The summed E-state index contributed by atoms with van der Waals surface area (Å²) in [6.45, 7) is 1.90. The highest BCUT2D eigenvalue weighted by atomic mass is 19.1. The summed E-state index contributed by atoms with van der Waals surface area (Å²) >= 11 is 0. The molecule has 1 aromatic carbocycles. The van der Waals surface area contributed by atoms with Crippen LogP contribution in [0, 0.1) is 11.7 Å². The average molecular weight is 444 g/mol. The van der Waals surface area contributed by atoms with E-state index in [-0.39, 0.29) is 23.6 Å². The summed E-state index contributed by atoms with van der Waals surface area (Å²) in [6, 6.07) is 7.72. The molecule has 2 aliphatic rings. The number of aromatic nitrogens is 2. The average Bonchev–Trinajstić information content (AvgIpc) is 3.65. The normalized spacial score (nSPS) is 19.0. The number of benzene rings is 1. The van der Waals surface area contributed by atoms with E-state index < -0.39 is 17.8 Å². The number of pyridine rings is 2. The fourth-order valence-corrected chi connectivity index (χ4v) is 3.80. The van der Waals surface area contributed by atoms with Gasteiger partial charge in [0.25, 0.3) is 5.91 Å². The van der Waals surface area contributed by atoms with Crippen LogP contribution in [0.5, 0.6) is 0 Å². The Labute approximate surface area is 189 Å². The molecule has 1 aliphatic heterocycles. The molecule has 33 heavy (non-hydrogen) atoms. The number of hydrogen-bond donors (Lipinski definition) is 2. The van der Waals surface area contributed by atoms with E-state index >= 15 is 0 Å². The van der Waals surface area contributed by atoms with Crippen LogP contribution in [0.4, 0.5) is 15.8 Å². The van der Waals surface area contributed by atoms with Crippen molar-refractivity contribution in [3.8, 4) is 11.1 Å². The molecule has 2 atom stereocenters. The third-order valence-electron chi connectivity index (χ3n) is 5.69. The summed E-state index contributed by atoms with van der Waals surface area (Å²) in [5.74, 6) is -0.871. The molecule has 8 nitrogen and oxygen atoms in total. The van der Waals surface area contributed by atoms with Gasteiger partial charge in [-0.15, -0.1) is 0 Å². The molecule has 2 N–H and O–H groups in total. The fraction of sp³-hybridized carbons (Fsp3) is 0.250. The van der Waals surface area contributed by atoms with Gasteiger partial charge in [0, 0.05) is 23.7 Å². The van der Waals surface area contributed by atoms with Crippen LogP contribution in [0.3, 0.4) is 0 Å². The number of hydrogen-bond acceptors (Lipinski definition) is 6. The second-order valence-electron chi connectivity index (χ2n) is 8.26. The van der Waals surface area contributed by atoms with Crippen molar-refractivity contribution in [2.75, 3.05) is 10.6 Å². The van der Waals surface area contributed by atoms with Crippen molar-refractivity contribution >= 4 is 23.2 Å². The van der Waals surface area contributed by atoms with E-state index in [0.717, 1.165) is 35.7 Å². The van der Waals surface area contributed by atoms with Crippen LogP contribution < -0.4 is 10.6 Å². The highest BCUT2D eigenvalue weighted by Crippen LogP contribution is 2.38. The minimum atomic E-state index is -0.884. The van der Waals surface area contributed by atoms with Gasteiger partial charge in [-0.3, -0.25) is 19.6 Å². The molecule has 1 saturated carbocycles. The number of carbonyl (C=O) groups is 2. The molecule has 166 valence electrons. The number of carbonyl (C=O) groups excluding carboxylic acids is 2. The number of amides is 2. The molecule has 1 aliphatic carbocycles. The number of nitrogens with zero attached hydrogens (tertiary/aromatic N) is 4. The van der Waals surface area contributed by atoms with Crippen LogP contribution in [0.2, 0.25) is 0 Å². The van der Waals surface area contributed by atoms with E-state index in [1.807, 2.05) is 31.2 Å². The van der Waals surface area contributed by atoms with Crippen molar-refractivity contribution < 1.29 is 14.0 Å². The number of fused-ring (bicyclic) bond motifs is 1. The van der Waals surface area contributed by atoms with Crippen LogP contribution in [0.25, 0.3) is 11.1 Å². The van der Waals surface area contributed by atoms with Gasteiger partial charge in [-0.25, -0.2) is 4.39 Å². The molecule has 2 aromatic heterocycles. The zero-order valence-electron chi connectivity index (χ0n) is 17.8. The van der Waals surface area contributed by atoms with E-state index in [9.17, 15) is 14.0 Å². The summed E-state index contributed by atoms with van der Waals surface area (Å²) in [5, 5.41) is 14.0. The highest BCUT2D eigenvalue weighted by molar-refractivity contribution is 5.96.